The van der Waals surface area contributed by atoms with Crippen molar-refractivity contribution in [1.82, 2.24) is 9.88 Å². The lowest BCUT2D eigenvalue weighted by Gasteiger charge is -2.21. The minimum atomic E-state index is -0.273. The van der Waals surface area contributed by atoms with Gasteiger partial charge in [0.05, 0.1) is 12.7 Å². The summed E-state index contributed by atoms with van der Waals surface area (Å²) in [6.45, 7) is 2.24. The Balaban J connectivity index is 1.61. The minimum Gasteiger partial charge on any atom is -0.444 e. The first-order chi connectivity index (χ1) is 12.7. The van der Waals surface area contributed by atoms with Crippen molar-refractivity contribution in [1.29, 1.82) is 0 Å². The van der Waals surface area contributed by atoms with Gasteiger partial charge >= 0.3 is 0 Å². The Morgan fingerprint density at radius 3 is 2.69 bits per heavy atom. The van der Waals surface area contributed by atoms with Crippen molar-refractivity contribution in [3.8, 4) is 0 Å². The SMILES string of the molecule is O=C(CCl)N(CCc1ccc(F)cc1)Cc1cnc(C2CCOCC2)o1. The number of carbonyl (C=O) groups excluding carboxylic acids is 1. The Bertz CT molecular complexity index is 714. The van der Waals surface area contributed by atoms with Gasteiger partial charge in [0.15, 0.2) is 5.89 Å². The van der Waals surface area contributed by atoms with Crippen LogP contribution in [0.2, 0.25) is 0 Å². The highest BCUT2D eigenvalue weighted by atomic mass is 35.5. The third kappa shape index (κ3) is 5.05. The fraction of sp³-hybridized carbons (Fsp3) is 0.474. The zero-order chi connectivity index (χ0) is 18.4. The second-order valence-electron chi connectivity index (χ2n) is 6.38. The van der Waals surface area contributed by atoms with Crippen molar-refractivity contribution in [3.63, 3.8) is 0 Å². The Morgan fingerprint density at radius 2 is 2.00 bits per heavy atom. The van der Waals surface area contributed by atoms with Crippen LogP contribution in [-0.4, -0.2) is 41.4 Å². The first-order valence-corrected chi connectivity index (χ1v) is 9.29. The number of hydrogen-bond acceptors (Lipinski definition) is 4. The molecule has 0 N–H and O–H groups in total. The van der Waals surface area contributed by atoms with Crippen molar-refractivity contribution in [2.75, 3.05) is 25.6 Å². The fourth-order valence-electron chi connectivity index (χ4n) is 3.01. The maximum absolute atomic E-state index is 13.0. The van der Waals surface area contributed by atoms with Gasteiger partial charge in [-0.2, -0.15) is 0 Å². The van der Waals surface area contributed by atoms with Crippen LogP contribution in [0.5, 0.6) is 0 Å². The number of benzene rings is 1. The first kappa shape index (κ1) is 18.9. The van der Waals surface area contributed by atoms with Gasteiger partial charge < -0.3 is 14.1 Å². The lowest BCUT2D eigenvalue weighted by molar-refractivity contribution is -0.129. The minimum absolute atomic E-state index is 0.0929. The Labute approximate surface area is 157 Å². The van der Waals surface area contributed by atoms with Crippen LogP contribution < -0.4 is 0 Å². The molecule has 0 aliphatic carbocycles. The summed E-state index contributed by atoms with van der Waals surface area (Å²) >= 11 is 5.74. The number of halogens is 2. The molecule has 0 spiro atoms. The summed E-state index contributed by atoms with van der Waals surface area (Å²) < 4.78 is 24.2. The van der Waals surface area contributed by atoms with Crippen LogP contribution in [0.1, 0.15) is 36.0 Å². The summed E-state index contributed by atoms with van der Waals surface area (Å²) in [5, 5.41) is 0. The molecule has 0 bridgehead atoms. The largest absolute Gasteiger partial charge is 0.444 e. The van der Waals surface area contributed by atoms with Gasteiger partial charge in [0, 0.05) is 25.7 Å². The molecule has 1 fully saturated rings. The molecule has 1 aliphatic heterocycles. The molecule has 2 heterocycles. The molecule has 0 radical (unpaired) electrons. The van der Waals surface area contributed by atoms with E-state index in [1.54, 1.807) is 23.2 Å². The fourth-order valence-corrected chi connectivity index (χ4v) is 3.18. The molecule has 3 rings (SSSR count). The van der Waals surface area contributed by atoms with E-state index in [2.05, 4.69) is 4.98 Å². The molecule has 0 unspecified atom stereocenters. The molecular weight excluding hydrogens is 359 g/mol. The standard InChI is InChI=1S/C19H22ClFN2O3/c20-11-18(24)23(8-5-14-1-3-16(21)4-2-14)13-17-12-22-19(26-17)15-6-9-25-10-7-15/h1-4,12,15H,5-11,13H2. The second-order valence-corrected chi connectivity index (χ2v) is 6.64. The maximum Gasteiger partial charge on any atom is 0.237 e. The topological polar surface area (TPSA) is 55.6 Å². The van der Waals surface area contributed by atoms with E-state index in [4.69, 9.17) is 20.8 Å². The average Bonchev–Trinajstić information content (AvgIpc) is 3.15. The van der Waals surface area contributed by atoms with E-state index in [0.717, 1.165) is 31.6 Å². The number of carbonyl (C=O) groups is 1. The quantitative estimate of drug-likeness (QED) is 0.690. The molecule has 140 valence electrons. The van der Waals surface area contributed by atoms with Crippen molar-refractivity contribution < 1.29 is 18.3 Å². The van der Waals surface area contributed by atoms with Crippen molar-refractivity contribution >= 4 is 17.5 Å². The van der Waals surface area contributed by atoms with E-state index in [0.29, 0.717) is 31.2 Å². The molecule has 7 heteroatoms. The number of hydrogen-bond donors (Lipinski definition) is 0. The highest BCUT2D eigenvalue weighted by molar-refractivity contribution is 6.27. The van der Waals surface area contributed by atoms with Crippen LogP contribution >= 0.6 is 11.6 Å². The number of ether oxygens (including phenoxy) is 1. The molecule has 1 aromatic carbocycles. The van der Waals surface area contributed by atoms with E-state index < -0.39 is 0 Å². The molecule has 1 amide bonds. The average molecular weight is 381 g/mol. The molecule has 26 heavy (non-hydrogen) atoms. The van der Waals surface area contributed by atoms with E-state index in [9.17, 15) is 9.18 Å². The zero-order valence-electron chi connectivity index (χ0n) is 14.5. The van der Waals surface area contributed by atoms with Crippen LogP contribution in [0.15, 0.2) is 34.9 Å². The van der Waals surface area contributed by atoms with Gasteiger partial charge in [0.2, 0.25) is 5.91 Å². The van der Waals surface area contributed by atoms with Crippen LogP contribution in [0.25, 0.3) is 0 Å². The highest BCUT2D eigenvalue weighted by Crippen LogP contribution is 2.26. The zero-order valence-corrected chi connectivity index (χ0v) is 15.3. The Kier molecular flexibility index (Phi) is 6.63. The molecule has 1 saturated heterocycles. The van der Waals surface area contributed by atoms with Gasteiger partial charge in [-0.3, -0.25) is 4.79 Å². The lowest BCUT2D eigenvalue weighted by atomic mass is 10.0. The van der Waals surface area contributed by atoms with Gasteiger partial charge in [-0.25, -0.2) is 9.37 Å². The molecule has 1 aliphatic rings. The number of nitrogens with zero attached hydrogens (tertiary/aromatic N) is 2. The molecule has 0 atom stereocenters. The first-order valence-electron chi connectivity index (χ1n) is 8.76. The molecule has 2 aromatic rings. The summed E-state index contributed by atoms with van der Waals surface area (Å²) in [4.78, 5) is 18.2. The predicted octanol–water partition coefficient (Wildman–Crippen LogP) is 3.52. The van der Waals surface area contributed by atoms with Gasteiger partial charge in [0.25, 0.3) is 0 Å². The summed E-state index contributed by atoms with van der Waals surface area (Å²) in [5.74, 6) is 1.09. The van der Waals surface area contributed by atoms with E-state index in [-0.39, 0.29) is 23.5 Å². The van der Waals surface area contributed by atoms with Crippen LogP contribution in [0, 0.1) is 5.82 Å². The Morgan fingerprint density at radius 1 is 1.27 bits per heavy atom. The highest BCUT2D eigenvalue weighted by Gasteiger charge is 2.22. The monoisotopic (exact) mass is 380 g/mol. The smallest absolute Gasteiger partial charge is 0.237 e. The second kappa shape index (κ2) is 9.14. The number of aromatic nitrogens is 1. The van der Waals surface area contributed by atoms with E-state index >= 15 is 0 Å². The van der Waals surface area contributed by atoms with Gasteiger partial charge in [-0.1, -0.05) is 12.1 Å². The number of amides is 1. The maximum atomic E-state index is 13.0. The van der Waals surface area contributed by atoms with Gasteiger partial charge in [-0.05, 0) is 37.0 Å². The van der Waals surface area contributed by atoms with Crippen LogP contribution in [0.4, 0.5) is 4.39 Å². The van der Waals surface area contributed by atoms with Crippen molar-refractivity contribution in [2.24, 2.45) is 0 Å². The Hall–Kier alpha value is -1.92. The third-order valence-electron chi connectivity index (χ3n) is 4.54. The van der Waals surface area contributed by atoms with Crippen molar-refractivity contribution in [2.45, 2.75) is 31.7 Å². The molecule has 1 aromatic heterocycles. The summed E-state index contributed by atoms with van der Waals surface area (Å²) in [5.41, 5.74) is 0.958. The van der Waals surface area contributed by atoms with E-state index in [1.807, 2.05) is 0 Å². The summed E-state index contributed by atoms with van der Waals surface area (Å²) in [6, 6.07) is 6.27. The van der Waals surface area contributed by atoms with E-state index in [1.165, 1.54) is 12.1 Å². The number of alkyl halides is 1. The normalized spacial score (nSPS) is 15.2. The summed E-state index contributed by atoms with van der Waals surface area (Å²) in [7, 11) is 0. The van der Waals surface area contributed by atoms with Gasteiger partial charge in [0.1, 0.15) is 17.5 Å². The summed E-state index contributed by atoms with van der Waals surface area (Å²) in [6.07, 6.45) is 4.09. The predicted molar refractivity (Wildman–Crippen MR) is 95.5 cm³/mol. The van der Waals surface area contributed by atoms with Crippen molar-refractivity contribution in [3.05, 3.63) is 53.5 Å². The molecular formula is C19H22ClFN2O3. The van der Waals surface area contributed by atoms with Gasteiger partial charge in [-0.15, -0.1) is 11.6 Å². The molecule has 0 saturated carbocycles. The number of oxazole rings is 1. The molecule has 5 nitrogen and oxygen atoms in total. The van der Waals surface area contributed by atoms with Crippen LogP contribution in [-0.2, 0) is 22.5 Å². The number of rotatable bonds is 7. The third-order valence-corrected chi connectivity index (χ3v) is 4.77. The lowest BCUT2D eigenvalue weighted by Crippen LogP contribution is -2.33. The van der Waals surface area contributed by atoms with Crippen LogP contribution in [0.3, 0.4) is 0 Å².